The zero-order valence-electron chi connectivity index (χ0n) is 17.8. The molecule has 0 aliphatic carbocycles. The summed E-state index contributed by atoms with van der Waals surface area (Å²) in [6.07, 6.45) is 2.64. The standard InChI is InChI=1S/C21H30ClN5O3.HI/c1-23-21(24-10-2-5-19(28)25-17-8-6-16(22)7-9-17)27-13-11-26(12-14-27)20(29)18-4-3-15-30-18;/h6-9,18H,2-5,10-15H2,1H3,(H,23,24)(H,25,28);1H. The Bertz CT molecular complexity index is 748. The normalized spacial score (nSPS) is 19.0. The summed E-state index contributed by atoms with van der Waals surface area (Å²) in [4.78, 5) is 32.9. The molecule has 2 saturated heterocycles. The third-order valence-corrected chi connectivity index (χ3v) is 5.55. The molecule has 3 rings (SSSR count). The van der Waals surface area contributed by atoms with Crippen LogP contribution in [0.1, 0.15) is 25.7 Å². The second-order valence-electron chi connectivity index (χ2n) is 7.45. The fraction of sp³-hybridized carbons (Fsp3) is 0.571. The van der Waals surface area contributed by atoms with Crippen molar-refractivity contribution in [1.82, 2.24) is 15.1 Å². The average molecular weight is 564 g/mol. The molecule has 0 saturated carbocycles. The van der Waals surface area contributed by atoms with Gasteiger partial charge in [-0.15, -0.1) is 24.0 Å². The van der Waals surface area contributed by atoms with E-state index in [1.165, 1.54) is 0 Å². The largest absolute Gasteiger partial charge is 0.368 e. The van der Waals surface area contributed by atoms with E-state index in [2.05, 4.69) is 20.5 Å². The molecule has 0 aromatic heterocycles. The molecular weight excluding hydrogens is 533 g/mol. The van der Waals surface area contributed by atoms with Gasteiger partial charge in [-0.3, -0.25) is 14.6 Å². The van der Waals surface area contributed by atoms with Gasteiger partial charge in [-0.05, 0) is 43.5 Å². The first kappa shape index (κ1) is 25.7. The number of benzene rings is 1. The third-order valence-electron chi connectivity index (χ3n) is 5.30. The molecule has 2 fully saturated rings. The number of hydrogen-bond donors (Lipinski definition) is 2. The van der Waals surface area contributed by atoms with Crippen molar-refractivity contribution in [2.24, 2.45) is 4.99 Å². The van der Waals surface area contributed by atoms with Gasteiger partial charge in [-0.2, -0.15) is 0 Å². The average Bonchev–Trinajstić information content (AvgIpc) is 3.30. The summed E-state index contributed by atoms with van der Waals surface area (Å²) in [5.41, 5.74) is 0.739. The van der Waals surface area contributed by atoms with Crippen LogP contribution < -0.4 is 10.6 Å². The molecule has 1 unspecified atom stereocenters. The lowest BCUT2D eigenvalue weighted by Crippen LogP contribution is -2.55. The number of carbonyl (C=O) groups excluding carboxylic acids is 2. The van der Waals surface area contributed by atoms with E-state index < -0.39 is 0 Å². The van der Waals surface area contributed by atoms with Crippen LogP contribution in [0.25, 0.3) is 0 Å². The van der Waals surface area contributed by atoms with E-state index in [4.69, 9.17) is 16.3 Å². The highest BCUT2D eigenvalue weighted by Gasteiger charge is 2.30. The lowest BCUT2D eigenvalue weighted by Gasteiger charge is -2.37. The van der Waals surface area contributed by atoms with Crippen molar-refractivity contribution in [3.8, 4) is 0 Å². The van der Waals surface area contributed by atoms with Crippen LogP contribution >= 0.6 is 35.6 Å². The van der Waals surface area contributed by atoms with Crippen LogP contribution in [0.2, 0.25) is 5.02 Å². The Balaban J connectivity index is 0.00000341. The number of ether oxygens (including phenoxy) is 1. The summed E-state index contributed by atoms with van der Waals surface area (Å²) in [5.74, 6) is 0.884. The topological polar surface area (TPSA) is 86.3 Å². The molecular formula is C21H31ClIN5O3. The first-order valence-corrected chi connectivity index (χ1v) is 10.9. The molecule has 0 bridgehead atoms. The number of guanidine groups is 1. The maximum atomic E-state index is 12.5. The van der Waals surface area contributed by atoms with Crippen LogP contribution in [-0.4, -0.2) is 80.1 Å². The van der Waals surface area contributed by atoms with E-state index in [0.29, 0.717) is 44.1 Å². The second kappa shape index (κ2) is 13.1. The highest BCUT2D eigenvalue weighted by molar-refractivity contribution is 14.0. The van der Waals surface area contributed by atoms with Gasteiger partial charge in [0.05, 0.1) is 0 Å². The molecule has 2 amide bonds. The zero-order chi connectivity index (χ0) is 21.3. The summed E-state index contributed by atoms with van der Waals surface area (Å²) >= 11 is 5.85. The van der Waals surface area contributed by atoms with Gasteiger partial charge in [0.15, 0.2) is 5.96 Å². The van der Waals surface area contributed by atoms with Gasteiger partial charge in [0.25, 0.3) is 5.91 Å². The summed E-state index contributed by atoms with van der Waals surface area (Å²) in [6, 6.07) is 7.06. The van der Waals surface area contributed by atoms with E-state index in [9.17, 15) is 9.59 Å². The van der Waals surface area contributed by atoms with E-state index in [0.717, 1.165) is 37.6 Å². The number of aliphatic imine (C=N–C) groups is 1. The second-order valence-corrected chi connectivity index (χ2v) is 7.88. The zero-order valence-corrected chi connectivity index (χ0v) is 20.9. The lowest BCUT2D eigenvalue weighted by molar-refractivity contribution is -0.142. The van der Waals surface area contributed by atoms with E-state index >= 15 is 0 Å². The monoisotopic (exact) mass is 563 g/mol. The number of halogens is 2. The number of amides is 2. The first-order valence-electron chi connectivity index (χ1n) is 10.5. The highest BCUT2D eigenvalue weighted by atomic mass is 127. The fourth-order valence-corrected chi connectivity index (χ4v) is 3.78. The Morgan fingerprint density at radius 3 is 2.45 bits per heavy atom. The van der Waals surface area contributed by atoms with Gasteiger partial charge in [0.1, 0.15) is 6.10 Å². The SMILES string of the molecule is CN=C(NCCCC(=O)Nc1ccc(Cl)cc1)N1CCN(C(=O)C2CCCO2)CC1.I. The van der Waals surface area contributed by atoms with Crippen LogP contribution in [-0.2, 0) is 14.3 Å². The number of nitrogens with zero attached hydrogens (tertiary/aromatic N) is 3. The predicted octanol–water partition coefficient (Wildman–Crippen LogP) is 2.58. The maximum absolute atomic E-state index is 12.5. The number of nitrogens with one attached hydrogen (secondary N) is 2. The minimum Gasteiger partial charge on any atom is -0.368 e. The summed E-state index contributed by atoms with van der Waals surface area (Å²) < 4.78 is 5.51. The Kier molecular flexibility index (Phi) is 10.8. The molecule has 8 nitrogen and oxygen atoms in total. The van der Waals surface area contributed by atoms with Crippen LogP contribution in [0.5, 0.6) is 0 Å². The lowest BCUT2D eigenvalue weighted by atomic mass is 10.2. The summed E-state index contributed by atoms with van der Waals surface area (Å²) in [7, 11) is 1.75. The number of hydrogen-bond acceptors (Lipinski definition) is 4. The van der Waals surface area contributed by atoms with Gasteiger partial charge in [-0.1, -0.05) is 11.6 Å². The predicted molar refractivity (Wildman–Crippen MR) is 133 cm³/mol. The Hall–Kier alpha value is -1.59. The molecule has 1 aromatic carbocycles. The molecule has 1 atom stereocenters. The summed E-state index contributed by atoms with van der Waals surface area (Å²) in [5, 5.41) is 6.81. The minimum atomic E-state index is -0.256. The van der Waals surface area contributed by atoms with Crippen LogP contribution in [0.4, 0.5) is 5.69 Å². The third kappa shape index (κ3) is 7.80. The molecule has 0 radical (unpaired) electrons. The highest BCUT2D eigenvalue weighted by Crippen LogP contribution is 2.16. The minimum absolute atomic E-state index is 0. The van der Waals surface area contributed by atoms with Crippen molar-refractivity contribution in [1.29, 1.82) is 0 Å². The van der Waals surface area contributed by atoms with Crippen LogP contribution in [0.3, 0.4) is 0 Å². The van der Waals surface area contributed by atoms with E-state index in [1.807, 2.05) is 4.90 Å². The molecule has 10 heteroatoms. The molecule has 2 N–H and O–H groups in total. The van der Waals surface area contributed by atoms with Crippen molar-refractivity contribution < 1.29 is 14.3 Å². The smallest absolute Gasteiger partial charge is 0.251 e. The number of carbonyl (C=O) groups is 2. The van der Waals surface area contributed by atoms with Crippen molar-refractivity contribution in [2.45, 2.75) is 31.8 Å². The number of rotatable bonds is 6. The number of piperazine rings is 1. The van der Waals surface area contributed by atoms with Crippen molar-refractivity contribution in [2.75, 3.05) is 51.7 Å². The van der Waals surface area contributed by atoms with Crippen LogP contribution in [0.15, 0.2) is 29.3 Å². The molecule has 31 heavy (non-hydrogen) atoms. The van der Waals surface area contributed by atoms with Gasteiger partial charge < -0.3 is 25.2 Å². The van der Waals surface area contributed by atoms with Gasteiger partial charge >= 0.3 is 0 Å². The first-order chi connectivity index (χ1) is 14.6. The van der Waals surface area contributed by atoms with E-state index in [-0.39, 0.29) is 41.9 Å². The Morgan fingerprint density at radius 1 is 1.16 bits per heavy atom. The maximum Gasteiger partial charge on any atom is 0.251 e. The van der Waals surface area contributed by atoms with E-state index in [1.54, 1.807) is 31.3 Å². The molecule has 2 aliphatic rings. The quantitative estimate of drug-likeness (QED) is 0.241. The number of anilines is 1. The molecule has 2 aliphatic heterocycles. The van der Waals surface area contributed by atoms with Crippen molar-refractivity contribution in [3.63, 3.8) is 0 Å². The van der Waals surface area contributed by atoms with Gasteiger partial charge in [0, 0.05) is 63.5 Å². The Labute approximate surface area is 205 Å². The fourth-order valence-electron chi connectivity index (χ4n) is 3.65. The van der Waals surface area contributed by atoms with Crippen molar-refractivity contribution >= 4 is 59.0 Å². The summed E-state index contributed by atoms with van der Waals surface area (Å²) in [6.45, 7) is 4.14. The molecule has 1 aromatic rings. The van der Waals surface area contributed by atoms with Gasteiger partial charge in [-0.25, -0.2) is 0 Å². The molecule has 172 valence electrons. The molecule has 0 spiro atoms. The molecule has 2 heterocycles. The van der Waals surface area contributed by atoms with Crippen molar-refractivity contribution in [3.05, 3.63) is 29.3 Å². The van der Waals surface area contributed by atoms with Gasteiger partial charge in [0.2, 0.25) is 5.91 Å². The van der Waals surface area contributed by atoms with Crippen LogP contribution in [0, 0.1) is 0 Å². The Morgan fingerprint density at radius 2 is 1.84 bits per heavy atom.